The Morgan fingerprint density at radius 1 is 0.796 bits per heavy atom. The molecule has 9 nitrogen and oxygen atoms in total. The van der Waals surface area contributed by atoms with Crippen LogP contribution < -0.4 is 4.74 Å². The number of amidine groups is 1. The van der Waals surface area contributed by atoms with Crippen LogP contribution in [-0.2, 0) is 21.2 Å². The van der Waals surface area contributed by atoms with Crippen LogP contribution in [0, 0.1) is 5.41 Å². The van der Waals surface area contributed by atoms with E-state index in [0.717, 1.165) is 42.5 Å². The highest BCUT2D eigenvalue weighted by Gasteiger charge is 2.60. The van der Waals surface area contributed by atoms with Crippen LogP contribution >= 0.6 is 23.2 Å². The molecule has 0 radical (unpaired) electrons. The molecule has 6 rings (SSSR count). The second-order valence-electron chi connectivity index (χ2n) is 17.4. The second kappa shape index (κ2) is 14.7. The van der Waals surface area contributed by atoms with Crippen molar-refractivity contribution in [3.05, 3.63) is 93.2 Å². The fourth-order valence-corrected chi connectivity index (χ4v) is 8.41. The van der Waals surface area contributed by atoms with E-state index >= 15 is 4.79 Å². The second-order valence-corrected chi connectivity index (χ2v) is 18.3. The normalized spacial score (nSPS) is 23.0. The summed E-state index contributed by atoms with van der Waals surface area (Å²) in [6.45, 7) is 21.1. The highest BCUT2D eigenvalue weighted by atomic mass is 35.5. The van der Waals surface area contributed by atoms with Gasteiger partial charge in [-0.3, -0.25) is 14.9 Å². The summed E-state index contributed by atoms with van der Waals surface area (Å²) in [6, 6.07) is 17.3. The maximum atomic E-state index is 15.4. The molecule has 54 heavy (non-hydrogen) atoms. The van der Waals surface area contributed by atoms with E-state index in [0.29, 0.717) is 60.0 Å². The largest absolute Gasteiger partial charge is 0.493 e. The average Bonchev–Trinajstić information content (AvgIpc) is 3.35. The van der Waals surface area contributed by atoms with Gasteiger partial charge in [0.05, 0.1) is 12.2 Å². The summed E-state index contributed by atoms with van der Waals surface area (Å²) in [5.41, 5.74) is 0.647. The van der Waals surface area contributed by atoms with Gasteiger partial charge in [-0.1, -0.05) is 68.2 Å². The minimum atomic E-state index is -1.02. The summed E-state index contributed by atoms with van der Waals surface area (Å²) in [6.07, 6.45) is 5.01. The summed E-state index contributed by atoms with van der Waals surface area (Å²) in [5, 5.41) is 1.22. The zero-order valence-corrected chi connectivity index (χ0v) is 34.8. The Bertz CT molecular complexity index is 1880. The lowest BCUT2D eigenvalue weighted by molar-refractivity contribution is -0.000936. The van der Waals surface area contributed by atoms with E-state index in [2.05, 4.69) is 34.6 Å². The van der Waals surface area contributed by atoms with Gasteiger partial charge in [0, 0.05) is 59.6 Å². The molecule has 0 bridgehead atoms. The number of aromatic nitrogens is 1. The number of urea groups is 1. The lowest BCUT2D eigenvalue weighted by Crippen LogP contribution is -2.60. The van der Waals surface area contributed by atoms with Gasteiger partial charge in [0.2, 0.25) is 0 Å². The molecule has 3 aliphatic heterocycles. The van der Waals surface area contributed by atoms with E-state index in [1.165, 1.54) is 0 Å². The Balaban J connectivity index is 1.41. The van der Waals surface area contributed by atoms with Gasteiger partial charge in [-0.05, 0) is 108 Å². The lowest BCUT2D eigenvalue weighted by Gasteiger charge is -2.50. The first-order chi connectivity index (χ1) is 25.3. The molecule has 1 spiro atoms. The molecule has 2 fully saturated rings. The first-order valence-electron chi connectivity index (χ1n) is 19.1. The SMILES string of the molecule is CCOc1cc(C(C)(C)C)ncc1C1=N[C@@](C)(c2ccc(Cl)cc2)[C@@](C)(c2ccc(Cl)cc2)N1C(=O)N1CCC2(CCN(C(=O)OC(C)(C)C)CC2)CC1. The molecule has 0 N–H and O–H groups in total. The third-order valence-corrected chi connectivity index (χ3v) is 12.2. The number of hydrogen-bond donors (Lipinski definition) is 0. The van der Waals surface area contributed by atoms with Gasteiger partial charge >= 0.3 is 12.1 Å². The van der Waals surface area contributed by atoms with E-state index in [1.54, 1.807) is 0 Å². The van der Waals surface area contributed by atoms with Crippen LogP contribution in [0.5, 0.6) is 5.75 Å². The number of aliphatic imine (C=N–C) groups is 1. The highest BCUT2D eigenvalue weighted by molar-refractivity contribution is 6.30. The van der Waals surface area contributed by atoms with Crippen LogP contribution in [0.3, 0.4) is 0 Å². The van der Waals surface area contributed by atoms with Crippen molar-refractivity contribution in [2.75, 3.05) is 32.8 Å². The minimum Gasteiger partial charge on any atom is -0.493 e. The highest BCUT2D eigenvalue weighted by Crippen LogP contribution is 2.54. The molecule has 3 amide bonds. The van der Waals surface area contributed by atoms with E-state index in [4.69, 9.17) is 42.7 Å². The lowest BCUT2D eigenvalue weighted by atomic mass is 9.70. The number of amides is 3. The van der Waals surface area contributed by atoms with Crippen molar-refractivity contribution in [2.45, 2.75) is 110 Å². The predicted octanol–water partition coefficient (Wildman–Crippen LogP) is 10.2. The summed E-state index contributed by atoms with van der Waals surface area (Å²) >= 11 is 12.9. The smallest absolute Gasteiger partial charge is 0.410 e. The molecule has 0 unspecified atom stereocenters. The number of benzene rings is 2. The number of pyridine rings is 1. The standard InChI is InChI=1S/C43H55Cl2N5O4/c1-10-53-34-27-35(39(2,3)4)46-28-33(34)36-47-41(8,29-11-15-31(44)16-12-29)42(9,30-13-17-32(45)18-14-30)50(36)37(51)48-23-19-43(20-24-48)21-25-49(26-22-43)38(52)54-40(5,6)7/h11-18,27-28H,10,19-26H2,1-9H3/t41-,42+/m0/s1. The van der Waals surface area contributed by atoms with Crippen LogP contribution in [0.4, 0.5) is 9.59 Å². The van der Waals surface area contributed by atoms with Crippen molar-refractivity contribution >= 4 is 41.2 Å². The molecule has 2 aromatic carbocycles. The molecule has 3 aliphatic rings. The summed E-state index contributed by atoms with van der Waals surface area (Å²) in [7, 11) is 0. The molecule has 4 heterocycles. The Morgan fingerprint density at radius 2 is 1.31 bits per heavy atom. The van der Waals surface area contributed by atoms with Crippen LogP contribution in [0.25, 0.3) is 0 Å². The number of likely N-dealkylation sites (tertiary alicyclic amines) is 2. The van der Waals surface area contributed by atoms with Gasteiger partial charge in [-0.15, -0.1) is 0 Å². The molecular formula is C43H55Cl2N5O4. The summed E-state index contributed by atoms with van der Waals surface area (Å²) in [5.74, 6) is 1.12. The molecule has 11 heteroatoms. The van der Waals surface area contributed by atoms with E-state index in [9.17, 15) is 4.79 Å². The van der Waals surface area contributed by atoms with E-state index < -0.39 is 16.7 Å². The topological polar surface area (TPSA) is 87.6 Å². The van der Waals surface area contributed by atoms with Gasteiger partial charge in [0.1, 0.15) is 28.3 Å². The molecule has 290 valence electrons. The number of nitrogens with zero attached hydrogens (tertiary/aromatic N) is 5. The summed E-state index contributed by atoms with van der Waals surface area (Å²) in [4.78, 5) is 44.4. The fraction of sp³-hybridized carbons (Fsp3) is 0.535. The Hall–Kier alpha value is -3.82. The molecule has 3 aromatic rings. The zero-order valence-electron chi connectivity index (χ0n) is 33.3. The number of carbonyl (C=O) groups excluding carboxylic acids is 2. The molecule has 2 atom stereocenters. The molecule has 1 aromatic heterocycles. The molecule has 2 saturated heterocycles. The third kappa shape index (κ3) is 7.55. The number of hydrogen-bond acceptors (Lipinski definition) is 6. The first-order valence-corrected chi connectivity index (χ1v) is 19.9. The Labute approximate surface area is 331 Å². The van der Waals surface area contributed by atoms with Crippen molar-refractivity contribution in [2.24, 2.45) is 10.4 Å². The maximum absolute atomic E-state index is 15.4. The van der Waals surface area contributed by atoms with E-state index in [1.807, 2.05) is 103 Å². The molecular weight excluding hydrogens is 721 g/mol. The van der Waals surface area contributed by atoms with Crippen molar-refractivity contribution in [3.63, 3.8) is 0 Å². The number of carbonyl (C=O) groups is 2. The number of halogens is 2. The van der Waals surface area contributed by atoms with Crippen LogP contribution in [0.1, 0.15) is 110 Å². The zero-order chi connectivity index (χ0) is 39.3. The minimum absolute atomic E-state index is 0.0589. The van der Waals surface area contributed by atoms with Crippen molar-refractivity contribution in [3.8, 4) is 5.75 Å². The van der Waals surface area contributed by atoms with E-state index in [-0.39, 0.29) is 23.0 Å². The van der Waals surface area contributed by atoms with Crippen molar-refractivity contribution in [1.29, 1.82) is 0 Å². The summed E-state index contributed by atoms with van der Waals surface area (Å²) < 4.78 is 12.0. The number of ether oxygens (including phenoxy) is 2. The third-order valence-electron chi connectivity index (χ3n) is 11.7. The number of rotatable bonds is 5. The van der Waals surface area contributed by atoms with Crippen LogP contribution in [0.15, 0.2) is 65.8 Å². The average molecular weight is 777 g/mol. The monoisotopic (exact) mass is 775 g/mol. The van der Waals surface area contributed by atoms with Crippen molar-refractivity contribution in [1.82, 2.24) is 19.7 Å². The Morgan fingerprint density at radius 3 is 1.81 bits per heavy atom. The quantitative estimate of drug-likeness (QED) is 0.258. The van der Waals surface area contributed by atoms with Crippen molar-refractivity contribution < 1.29 is 19.1 Å². The van der Waals surface area contributed by atoms with Gasteiger partial charge in [0.15, 0.2) is 0 Å². The van der Waals surface area contributed by atoms with Crippen LogP contribution in [-0.4, -0.2) is 76.0 Å². The van der Waals surface area contributed by atoms with Gasteiger partial charge in [-0.2, -0.15) is 0 Å². The maximum Gasteiger partial charge on any atom is 0.410 e. The van der Waals surface area contributed by atoms with Gasteiger partial charge in [0.25, 0.3) is 0 Å². The van der Waals surface area contributed by atoms with Crippen LogP contribution in [0.2, 0.25) is 10.0 Å². The first kappa shape index (κ1) is 39.9. The molecule has 0 saturated carbocycles. The number of piperidine rings is 2. The molecule has 0 aliphatic carbocycles. The fourth-order valence-electron chi connectivity index (χ4n) is 8.16. The predicted molar refractivity (Wildman–Crippen MR) is 216 cm³/mol. The van der Waals surface area contributed by atoms with Gasteiger partial charge < -0.3 is 19.3 Å². The van der Waals surface area contributed by atoms with Gasteiger partial charge in [-0.25, -0.2) is 9.59 Å². The Kier molecular flexibility index (Phi) is 10.8.